The maximum atomic E-state index is 12.0. The molecular weight excluding hydrogens is 248 g/mol. The number of rotatable bonds is 6. The quantitative estimate of drug-likeness (QED) is 0.612. The van der Waals surface area contributed by atoms with Gasteiger partial charge in [-0.25, -0.2) is 0 Å². The number of hydrogen-bond acceptors (Lipinski definition) is 2. The molecular formula is C14H21ClN2O. The number of unbranched alkanes of at least 4 members (excludes halogenated alkanes) is 2. The number of nitrogens with one attached hydrogen (secondary N) is 1. The predicted molar refractivity (Wildman–Crippen MR) is 76.9 cm³/mol. The maximum Gasteiger partial charge on any atom is 0.251 e. The van der Waals surface area contributed by atoms with Gasteiger partial charge in [-0.15, -0.1) is 0 Å². The van der Waals surface area contributed by atoms with Crippen LogP contribution in [0.1, 0.15) is 49.9 Å². The fraction of sp³-hybridized carbons (Fsp3) is 0.500. The molecule has 1 amide bonds. The Morgan fingerprint density at radius 1 is 1.39 bits per heavy atom. The standard InChI is InChI=1S/C14H21ClN2O/c1-3-4-5-6-10(2)17-14(18)11-7-12(15)9-13(16)8-11/h7-10H,3-6,16H2,1-2H3,(H,17,18). The van der Waals surface area contributed by atoms with Gasteiger partial charge in [0.25, 0.3) is 5.91 Å². The molecule has 0 aliphatic carbocycles. The van der Waals surface area contributed by atoms with Gasteiger partial charge < -0.3 is 11.1 Å². The molecule has 0 saturated heterocycles. The van der Waals surface area contributed by atoms with Crippen LogP contribution in [0.2, 0.25) is 5.02 Å². The fourth-order valence-corrected chi connectivity index (χ4v) is 2.07. The number of nitrogens with two attached hydrogens (primary N) is 1. The van der Waals surface area contributed by atoms with Gasteiger partial charge in [-0.2, -0.15) is 0 Å². The van der Waals surface area contributed by atoms with Crippen molar-refractivity contribution < 1.29 is 4.79 Å². The van der Waals surface area contributed by atoms with Crippen LogP contribution in [0.5, 0.6) is 0 Å². The molecule has 1 aromatic rings. The Balaban J connectivity index is 2.54. The number of anilines is 1. The van der Waals surface area contributed by atoms with E-state index in [1.54, 1.807) is 18.2 Å². The average molecular weight is 269 g/mol. The maximum absolute atomic E-state index is 12.0. The zero-order valence-electron chi connectivity index (χ0n) is 11.0. The normalized spacial score (nSPS) is 12.2. The smallest absolute Gasteiger partial charge is 0.251 e. The molecule has 0 saturated carbocycles. The molecule has 0 heterocycles. The molecule has 3 N–H and O–H groups in total. The van der Waals surface area contributed by atoms with Crippen molar-refractivity contribution in [2.75, 3.05) is 5.73 Å². The lowest BCUT2D eigenvalue weighted by molar-refractivity contribution is 0.0938. The number of carbonyl (C=O) groups is 1. The first kappa shape index (κ1) is 14.8. The van der Waals surface area contributed by atoms with Gasteiger partial charge in [0, 0.05) is 22.3 Å². The zero-order chi connectivity index (χ0) is 13.5. The third-order valence-electron chi connectivity index (χ3n) is 2.80. The zero-order valence-corrected chi connectivity index (χ0v) is 11.8. The summed E-state index contributed by atoms with van der Waals surface area (Å²) in [6.45, 7) is 4.18. The lowest BCUT2D eigenvalue weighted by Gasteiger charge is -2.14. The highest BCUT2D eigenvalue weighted by molar-refractivity contribution is 6.31. The van der Waals surface area contributed by atoms with Gasteiger partial charge >= 0.3 is 0 Å². The Kier molecular flexibility index (Phi) is 5.99. The van der Waals surface area contributed by atoms with Crippen LogP contribution in [-0.2, 0) is 0 Å². The van der Waals surface area contributed by atoms with E-state index in [0.29, 0.717) is 16.3 Å². The van der Waals surface area contributed by atoms with Crippen molar-refractivity contribution in [3.05, 3.63) is 28.8 Å². The summed E-state index contributed by atoms with van der Waals surface area (Å²) in [7, 11) is 0. The van der Waals surface area contributed by atoms with E-state index in [9.17, 15) is 4.79 Å². The summed E-state index contributed by atoms with van der Waals surface area (Å²) in [4.78, 5) is 12.0. The Labute approximate surface area is 114 Å². The van der Waals surface area contributed by atoms with Crippen LogP contribution in [0.25, 0.3) is 0 Å². The van der Waals surface area contributed by atoms with E-state index in [1.165, 1.54) is 12.8 Å². The Morgan fingerprint density at radius 3 is 2.72 bits per heavy atom. The predicted octanol–water partition coefficient (Wildman–Crippen LogP) is 3.62. The highest BCUT2D eigenvalue weighted by atomic mass is 35.5. The molecule has 4 heteroatoms. The average Bonchev–Trinajstić information content (AvgIpc) is 2.28. The van der Waals surface area contributed by atoms with E-state index in [-0.39, 0.29) is 11.9 Å². The van der Waals surface area contributed by atoms with Crippen molar-refractivity contribution >= 4 is 23.2 Å². The van der Waals surface area contributed by atoms with Gasteiger partial charge in [-0.05, 0) is 31.5 Å². The van der Waals surface area contributed by atoms with E-state index < -0.39 is 0 Å². The Hall–Kier alpha value is -1.22. The number of amides is 1. The van der Waals surface area contributed by atoms with Gasteiger partial charge in [0.15, 0.2) is 0 Å². The third-order valence-corrected chi connectivity index (χ3v) is 3.02. The largest absolute Gasteiger partial charge is 0.399 e. The van der Waals surface area contributed by atoms with Crippen LogP contribution >= 0.6 is 11.6 Å². The SMILES string of the molecule is CCCCCC(C)NC(=O)c1cc(N)cc(Cl)c1. The molecule has 0 aliphatic heterocycles. The van der Waals surface area contributed by atoms with Crippen LogP contribution in [0.4, 0.5) is 5.69 Å². The van der Waals surface area contributed by atoms with E-state index >= 15 is 0 Å². The van der Waals surface area contributed by atoms with Crippen molar-refractivity contribution in [2.45, 2.75) is 45.6 Å². The molecule has 0 aromatic heterocycles. The van der Waals surface area contributed by atoms with Crippen molar-refractivity contribution in [3.63, 3.8) is 0 Å². The first-order valence-electron chi connectivity index (χ1n) is 6.40. The molecule has 3 nitrogen and oxygen atoms in total. The van der Waals surface area contributed by atoms with Gasteiger partial charge in [-0.3, -0.25) is 4.79 Å². The number of halogens is 1. The van der Waals surface area contributed by atoms with Crippen LogP contribution in [-0.4, -0.2) is 11.9 Å². The molecule has 0 radical (unpaired) electrons. The van der Waals surface area contributed by atoms with Crippen molar-refractivity contribution in [2.24, 2.45) is 0 Å². The second-order valence-electron chi connectivity index (χ2n) is 4.64. The van der Waals surface area contributed by atoms with E-state index in [2.05, 4.69) is 12.2 Å². The molecule has 100 valence electrons. The van der Waals surface area contributed by atoms with E-state index in [0.717, 1.165) is 12.8 Å². The highest BCUT2D eigenvalue weighted by Crippen LogP contribution is 2.16. The Bertz CT molecular complexity index is 387. The summed E-state index contributed by atoms with van der Waals surface area (Å²) < 4.78 is 0. The Morgan fingerprint density at radius 2 is 2.11 bits per heavy atom. The molecule has 0 bridgehead atoms. The highest BCUT2D eigenvalue weighted by Gasteiger charge is 2.10. The van der Waals surface area contributed by atoms with Crippen LogP contribution < -0.4 is 11.1 Å². The summed E-state index contributed by atoms with van der Waals surface area (Å²) in [5.74, 6) is -0.117. The molecule has 0 spiro atoms. The lowest BCUT2D eigenvalue weighted by atomic mass is 10.1. The first-order chi connectivity index (χ1) is 8.52. The monoisotopic (exact) mass is 268 g/mol. The van der Waals surface area contributed by atoms with Gasteiger partial charge in [0.2, 0.25) is 0 Å². The van der Waals surface area contributed by atoms with Crippen molar-refractivity contribution in [1.82, 2.24) is 5.32 Å². The molecule has 1 aromatic carbocycles. The molecule has 0 aliphatic rings. The van der Waals surface area contributed by atoms with E-state index in [4.69, 9.17) is 17.3 Å². The van der Waals surface area contributed by atoms with E-state index in [1.807, 2.05) is 6.92 Å². The van der Waals surface area contributed by atoms with Gasteiger partial charge in [-0.1, -0.05) is 37.8 Å². The summed E-state index contributed by atoms with van der Waals surface area (Å²) in [5.41, 5.74) is 6.68. The summed E-state index contributed by atoms with van der Waals surface area (Å²) in [5, 5.41) is 3.44. The van der Waals surface area contributed by atoms with Gasteiger partial charge in [0.1, 0.15) is 0 Å². The first-order valence-corrected chi connectivity index (χ1v) is 6.77. The minimum absolute atomic E-state index is 0.117. The van der Waals surface area contributed by atoms with Crippen molar-refractivity contribution in [1.29, 1.82) is 0 Å². The summed E-state index contributed by atoms with van der Waals surface area (Å²) in [6.07, 6.45) is 4.51. The van der Waals surface area contributed by atoms with Crippen LogP contribution in [0.3, 0.4) is 0 Å². The summed E-state index contributed by atoms with van der Waals surface area (Å²) in [6, 6.07) is 5.07. The second kappa shape index (κ2) is 7.27. The summed E-state index contributed by atoms with van der Waals surface area (Å²) >= 11 is 5.87. The third kappa shape index (κ3) is 4.96. The number of carbonyl (C=O) groups excluding carboxylic acids is 1. The number of hydrogen-bond donors (Lipinski definition) is 2. The molecule has 18 heavy (non-hydrogen) atoms. The van der Waals surface area contributed by atoms with Crippen molar-refractivity contribution in [3.8, 4) is 0 Å². The lowest BCUT2D eigenvalue weighted by Crippen LogP contribution is -2.32. The minimum Gasteiger partial charge on any atom is -0.399 e. The fourth-order valence-electron chi connectivity index (χ4n) is 1.82. The molecule has 1 atom stereocenters. The second-order valence-corrected chi connectivity index (χ2v) is 5.08. The topological polar surface area (TPSA) is 55.1 Å². The van der Waals surface area contributed by atoms with Gasteiger partial charge in [0.05, 0.1) is 0 Å². The molecule has 1 unspecified atom stereocenters. The number of nitrogen functional groups attached to an aromatic ring is 1. The minimum atomic E-state index is -0.117. The number of benzene rings is 1. The van der Waals surface area contributed by atoms with Crippen LogP contribution in [0, 0.1) is 0 Å². The molecule has 0 fully saturated rings. The van der Waals surface area contributed by atoms with Crippen LogP contribution in [0.15, 0.2) is 18.2 Å². The molecule has 1 rings (SSSR count).